The first-order chi connectivity index (χ1) is 17.1. The Hall–Kier alpha value is -4.43. The topological polar surface area (TPSA) is 95.7 Å². The van der Waals surface area contributed by atoms with Gasteiger partial charge in [-0.1, -0.05) is 35.9 Å². The van der Waals surface area contributed by atoms with Crippen LogP contribution in [0.1, 0.15) is 28.6 Å². The second-order valence-corrected chi connectivity index (χ2v) is 8.67. The normalized spacial score (nSPS) is 14.6. The number of aryl methyl sites for hydroxylation is 1. The van der Waals surface area contributed by atoms with E-state index < -0.39 is 11.5 Å². The monoisotopic (exact) mass is 482 g/mol. The van der Waals surface area contributed by atoms with Crippen LogP contribution in [-0.4, -0.2) is 19.6 Å². The van der Waals surface area contributed by atoms with Crippen LogP contribution in [-0.2, 0) is 0 Å². The minimum Gasteiger partial charge on any atom is -0.465 e. The van der Waals surface area contributed by atoms with Gasteiger partial charge in [0.25, 0.3) is 0 Å². The quantitative estimate of drug-likeness (QED) is 0.290. The van der Waals surface area contributed by atoms with Crippen molar-refractivity contribution in [1.29, 1.82) is 0 Å². The summed E-state index contributed by atoms with van der Waals surface area (Å²) in [7, 11) is 0. The Labute approximate surface area is 202 Å². The molecule has 35 heavy (non-hydrogen) atoms. The molecule has 0 saturated carbocycles. The molecule has 0 bridgehead atoms. The molecular weight excluding hydrogens is 468 g/mol. The van der Waals surface area contributed by atoms with E-state index in [0.717, 1.165) is 0 Å². The SMILES string of the molecule is Cc1ccc(C2c3c(c4ccccc4oc3=O)Oc3ncn4nc(-c5ccccc5Cl)nc4c32)o1. The van der Waals surface area contributed by atoms with Gasteiger partial charge in [0.1, 0.15) is 23.4 Å². The highest BCUT2D eigenvalue weighted by Gasteiger charge is 2.39. The van der Waals surface area contributed by atoms with Gasteiger partial charge in [-0.15, -0.1) is 5.10 Å². The third-order valence-corrected chi connectivity index (χ3v) is 6.45. The molecule has 1 atom stereocenters. The summed E-state index contributed by atoms with van der Waals surface area (Å²) < 4.78 is 19.5. The van der Waals surface area contributed by atoms with Crippen molar-refractivity contribution in [3.8, 4) is 23.0 Å². The molecule has 1 aliphatic rings. The largest absolute Gasteiger partial charge is 0.465 e. The predicted octanol–water partition coefficient (Wildman–Crippen LogP) is 5.74. The van der Waals surface area contributed by atoms with Crippen LogP contribution in [0.3, 0.4) is 0 Å². The van der Waals surface area contributed by atoms with Crippen LogP contribution in [0.2, 0.25) is 5.02 Å². The van der Waals surface area contributed by atoms with Gasteiger partial charge in [-0.2, -0.15) is 0 Å². The van der Waals surface area contributed by atoms with E-state index in [1.165, 1.54) is 6.33 Å². The number of hydrogen-bond donors (Lipinski definition) is 0. The van der Waals surface area contributed by atoms with Crippen LogP contribution in [0.25, 0.3) is 28.0 Å². The lowest BCUT2D eigenvalue weighted by Gasteiger charge is -2.25. The zero-order valence-corrected chi connectivity index (χ0v) is 19.0. The van der Waals surface area contributed by atoms with E-state index in [4.69, 9.17) is 30.2 Å². The number of rotatable bonds is 2. The van der Waals surface area contributed by atoms with Gasteiger partial charge in [-0.25, -0.2) is 19.3 Å². The number of halogens is 1. The predicted molar refractivity (Wildman–Crippen MR) is 128 cm³/mol. The molecule has 1 aliphatic heterocycles. The van der Waals surface area contributed by atoms with Crippen molar-refractivity contribution in [2.45, 2.75) is 12.8 Å². The number of benzene rings is 2. The smallest absolute Gasteiger partial charge is 0.344 e. The highest BCUT2D eigenvalue weighted by molar-refractivity contribution is 6.33. The third kappa shape index (κ3) is 2.93. The van der Waals surface area contributed by atoms with Crippen molar-refractivity contribution in [1.82, 2.24) is 19.6 Å². The first-order valence-electron chi connectivity index (χ1n) is 10.9. The van der Waals surface area contributed by atoms with E-state index in [-0.39, 0.29) is 0 Å². The van der Waals surface area contributed by atoms with Gasteiger partial charge in [0.2, 0.25) is 5.88 Å². The van der Waals surface area contributed by atoms with E-state index >= 15 is 0 Å². The Bertz CT molecular complexity index is 1850. The fraction of sp³-hybridized carbons (Fsp3) is 0.0769. The van der Waals surface area contributed by atoms with Gasteiger partial charge < -0.3 is 13.6 Å². The first kappa shape index (κ1) is 20.0. The van der Waals surface area contributed by atoms with Gasteiger partial charge >= 0.3 is 5.63 Å². The highest BCUT2D eigenvalue weighted by atomic mass is 35.5. The Kier molecular flexibility index (Phi) is 4.16. The third-order valence-electron chi connectivity index (χ3n) is 6.12. The molecule has 4 aromatic heterocycles. The molecule has 8 nitrogen and oxygen atoms in total. The van der Waals surface area contributed by atoms with Crippen molar-refractivity contribution >= 4 is 28.2 Å². The lowest BCUT2D eigenvalue weighted by molar-refractivity contribution is 0.402. The van der Waals surface area contributed by atoms with Crippen molar-refractivity contribution in [2.75, 3.05) is 0 Å². The number of nitrogens with zero attached hydrogens (tertiary/aromatic N) is 4. The highest BCUT2D eigenvalue weighted by Crippen LogP contribution is 2.49. The number of aromatic nitrogens is 4. The maximum Gasteiger partial charge on any atom is 0.344 e. The molecule has 2 aromatic carbocycles. The van der Waals surface area contributed by atoms with Crippen molar-refractivity contribution in [3.05, 3.63) is 105 Å². The summed E-state index contributed by atoms with van der Waals surface area (Å²) in [6, 6.07) is 18.2. The maximum atomic E-state index is 13.3. The van der Waals surface area contributed by atoms with Crippen LogP contribution in [0.5, 0.6) is 11.6 Å². The van der Waals surface area contributed by atoms with Crippen LogP contribution in [0.4, 0.5) is 0 Å². The Balaban J connectivity index is 1.56. The maximum absolute atomic E-state index is 13.3. The second kappa shape index (κ2) is 7.28. The lowest BCUT2D eigenvalue weighted by atomic mass is 9.88. The van der Waals surface area contributed by atoms with Crippen molar-refractivity contribution in [3.63, 3.8) is 0 Å². The minimum atomic E-state index is -0.664. The fourth-order valence-electron chi connectivity index (χ4n) is 4.58. The Morgan fingerprint density at radius 1 is 0.971 bits per heavy atom. The molecule has 0 radical (unpaired) electrons. The molecule has 9 heteroatoms. The van der Waals surface area contributed by atoms with Crippen LogP contribution < -0.4 is 10.4 Å². The number of hydrogen-bond acceptors (Lipinski definition) is 7. The lowest BCUT2D eigenvalue weighted by Crippen LogP contribution is -2.22. The zero-order valence-electron chi connectivity index (χ0n) is 18.2. The van der Waals surface area contributed by atoms with Crippen LogP contribution in [0.15, 0.2) is 80.6 Å². The number of furan rings is 1. The summed E-state index contributed by atoms with van der Waals surface area (Å²) >= 11 is 6.40. The molecule has 0 amide bonds. The summed E-state index contributed by atoms with van der Waals surface area (Å²) in [6.45, 7) is 1.85. The molecule has 0 saturated heterocycles. The number of para-hydroxylation sites is 1. The minimum absolute atomic E-state index is 0.318. The molecule has 0 fully saturated rings. The standard InChI is InChI=1S/C26H15ClN4O4/c1-13-10-11-18(33-13)19-20-22(15-7-3-5-9-17(15)34-26(20)32)35-25-21(19)24-29-23(30-31(24)12-28-25)14-6-2-4-8-16(14)27/h2-12,19H,1H3. The second-order valence-electron chi connectivity index (χ2n) is 8.26. The van der Waals surface area contributed by atoms with Gasteiger partial charge in [0.15, 0.2) is 17.2 Å². The molecule has 0 N–H and O–H groups in total. The molecule has 6 aromatic rings. The number of ether oxygens (including phenoxy) is 1. The average molecular weight is 483 g/mol. The summed E-state index contributed by atoms with van der Waals surface area (Å²) in [5, 5.41) is 5.78. The Morgan fingerprint density at radius 2 is 1.80 bits per heavy atom. The fourth-order valence-corrected chi connectivity index (χ4v) is 4.80. The average Bonchev–Trinajstić information content (AvgIpc) is 3.49. The molecule has 7 rings (SSSR count). The molecule has 5 heterocycles. The molecule has 1 unspecified atom stereocenters. The van der Waals surface area contributed by atoms with E-state index in [1.807, 2.05) is 49.4 Å². The van der Waals surface area contributed by atoms with Crippen LogP contribution in [0, 0.1) is 6.92 Å². The zero-order chi connectivity index (χ0) is 23.7. The molecular formula is C26H15ClN4O4. The molecule has 0 aliphatic carbocycles. The van der Waals surface area contributed by atoms with E-state index in [2.05, 4.69) is 10.1 Å². The number of fused-ring (bicyclic) bond motifs is 6. The van der Waals surface area contributed by atoms with Crippen molar-refractivity contribution in [2.24, 2.45) is 0 Å². The van der Waals surface area contributed by atoms with E-state index in [9.17, 15) is 4.79 Å². The molecule has 170 valence electrons. The summed E-state index contributed by atoms with van der Waals surface area (Å²) in [6.07, 6.45) is 1.53. The summed E-state index contributed by atoms with van der Waals surface area (Å²) in [5.41, 5.74) is 1.95. The summed E-state index contributed by atoms with van der Waals surface area (Å²) in [5.74, 6) is 1.73. The van der Waals surface area contributed by atoms with E-state index in [1.54, 1.807) is 22.7 Å². The van der Waals surface area contributed by atoms with Crippen molar-refractivity contribution < 1.29 is 13.6 Å². The van der Waals surface area contributed by atoms with Gasteiger partial charge in [0.05, 0.1) is 27.5 Å². The van der Waals surface area contributed by atoms with Gasteiger partial charge in [-0.3, -0.25) is 0 Å². The van der Waals surface area contributed by atoms with Gasteiger partial charge in [-0.05, 0) is 43.3 Å². The van der Waals surface area contributed by atoms with E-state index in [0.29, 0.717) is 67.3 Å². The summed E-state index contributed by atoms with van der Waals surface area (Å²) in [4.78, 5) is 22.6. The van der Waals surface area contributed by atoms with Crippen LogP contribution >= 0.6 is 11.6 Å². The Morgan fingerprint density at radius 3 is 2.63 bits per heavy atom. The van der Waals surface area contributed by atoms with Gasteiger partial charge in [0, 0.05) is 5.56 Å². The first-order valence-corrected chi connectivity index (χ1v) is 11.3. The molecule has 0 spiro atoms.